The van der Waals surface area contributed by atoms with E-state index in [4.69, 9.17) is 0 Å². The molecule has 1 aliphatic heterocycles. The Kier molecular flexibility index (Phi) is 7.23. The van der Waals surface area contributed by atoms with Crippen molar-refractivity contribution in [2.24, 2.45) is 0 Å². The molecule has 1 aromatic carbocycles. The van der Waals surface area contributed by atoms with Gasteiger partial charge < -0.3 is 9.47 Å². The maximum absolute atomic E-state index is 13.4. The fourth-order valence-corrected chi connectivity index (χ4v) is 5.11. The maximum atomic E-state index is 13.4. The van der Waals surface area contributed by atoms with Gasteiger partial charge in [0, 0.05) is 45.0 Å². The second kappa shape index (κ2) is 10.3. The average molecular weight is 422 g/mol. The SMILES string of the molecule is Cc1ccn(CCc2ccccc2)c(=O)c1C(=O)N1CCCN(C2CCCCC2)CC1. The van der Waals surface area contributed by atoms with Gasteiger partial charge in [0.15, 0.2) is 0 Å². The first-order valence-electron chi connectivity index (χ1n) is 11.9. The standard InChI is InChI=1S/C26H35N3O2/c1-21-13-17-29(18-14-22-9-4-2-5-10-22)26(31)24(21)25(30)28-16-8-15-27(19-20-28)23-11-6-3-7-12-23/h2,4-5,9-10,13,17,23H,3,6-8,11-12,14-16,18-20H2,1H3. The summed E-state index contributed by atoms with van der Waals surface area (Å²) in [6.07, 6.45) is 10.2. The number of hydrogen-bond acceptors (Lipinski definition) is 3. The molecule has 0 unspecified atom stereocenters. The third kappa shape index (κ3) is 5.27. The van der Waals surface area contributed by atoms with Crippen LogP contribution >= 0.6 is 0 Å². The number of nitrogens with zero attached hydrogens (tertiary/aromatic N) is 3. The normalized spacial score (nSPS) is 18.7. The Morgan fingerprint density at radius 3 is 2.48 bits per heavy atom. The number of benzene rings is 1. The first kappa shape index (κ1) is 21.8. The number of hydrogen-bond donors (Lipinski definition) is 0. The van der Waals surface area contributed by atoms with Crippen molar-refractivity contribution >= 4 is 5.91 Å². The molecule has 2 fully saturated rings. The highest BCUT2D eigenvalue weighted by Gasteiger charge is 2.27. The highest BCUT2D eigenvalue weighted by molar-refractivity contribution is 5.95. The van der Waals surface area contributed by atoms with E-state index >= 15 is 0 Å². The molecular weight excluding hydrogens is 386 g/mol. The highest BCUT2D eigenvalue weighted by Crippen LogP contribution is 2.23. The molecule has 1 aromatic heterocycles. The van der Waals surface area contributed by atoms with Crippen molar-refractivity contribution < 1.29 is 4.79 Å². The lowest BCUT2D eigenvalue weighted by molar-refractivity contribution is 0.0751. The Balaban J connectivity index is 1.45. The largest absolute Gasteiger partial charge is 0.337 e. The van der Waals surface area contributed by atoms with Crippen molar-refractivity contribution in [3.05, 3.63) is 69.6 Å². The van der Waals surface area contributed by atoms with Crippen molar-refractivity contribution in [3.63, 3.8) is 0 Å². The number of carbonyl (C=O) groups excluding carboxylic acids is 1. The van der Waals surface area contributed by atoms with Crippen LogP contribution in [0.5, 0.6) is 0 Å². The van der Waals surface area contributed by atoms with Crippen molar-refractivity contribution in [1.82, 2.24) is 14.4 Å². The van der Waals surface area contributed by atoms with Crippen molar-refractivity contribution in [2.75, 3.05) is 26.2 Å². The van der Waals surface area contributed by atoms with E-state index in [0.29, 0.717) is 24.7 Å². The van der Waals surface area contributed by atoms with Gasteiger partial charge in [0.25, 0.3) is 11.5 Å². The van der Waals surface area contributed by atoms with E-state index in [9.17, 15) is 9.59 Å². The van der Waals surface area contributed by atoms with Gasteiger partial charge in [-0.2, -0.15) is 0 Å². The Labute approximate surface area is 185 Å². The van der Waals surface area contributed by atoms with Gasteiger partial charge in [0.1, 0.15) is 5.56 Å². The summed E-state index contributed by atoms with van der Waals surface area (Å²) in [6.45, 7) is 5.89. The molecule has 1 saturated carbocycles. The van der Waals surface area contributed by atoms with Crippen molar-refractivity contribution in [3.8, 4) is 0 Å². The number of rotatable bonds is 5. The first-order valence-corrected chi connectivity index (χ1v) is 11.9. The fourth-order valence-electron chi connectivity index (χ4n) is 5.11. The zero-order chi connectivity index (χ0) is 21.6. The molecule has 1 aliphatic carbocycles. The predicted molar refractivity (Wildman–Crippen MR) is 125 cm³/mol. The van der Waals surface area contributed by atoms with Gasteiger partial charge in [0.2, 0.25) is 0 Å². The molecule has 0 spiro atoms. The number of aryl methyl sites for hydroxylation is 3. The molecule has 2 aliphatic rings. The quantitative estimate of drug-likeness (QED) is 0.736. The zero-order valence-corrected chi connectivity index (χ0v) is 18.8. The van der Waals surface area contributed by atoms with E-state index in [1.807, 2.05) is 42.3 Å². The summed E-state index contributed by atoms with van der Waals surface area (Å²) in [5.74, 6) is -0.0953. The molecule has 0 N–H and O–H groups in total. The minimum Gasteiger partial charge on any atom is -0.337 e. The van der Waals surface area contributed by atoms with Gasteiger partial charge in [-0.05, 0) is 49.8 Å². The Hall–Kier alpha value is -2.40. The third-order valence-electron chi connectivity index (χ3n) is 6.98. The molecule has 2 aromatic rings. The van der Waals surface area contributed by atoms with E-state index in [1.165, 1.54) is 37.7 Å². The van der Waals surface area contributed by atoms with E-state index in [-0.39, 0.29) is 11.5 Å². The van der Waals surface area contributed by atoms with Gasteiger partial charge in [-0.1, -0.05) is 49.6 Å². The molecular formula is C26H35N3O2. The van der Waals surface area contributed by atoms with Crippen LogP contribution in [-0.4, -0.2) is 52.5 Å². The molecule has 0 radical (unpaired) electrons. The summed E-state index contributed by atoms with van der Waals surface area (Å²) in [5.41, 5.74) is 2.16. The average Bonchev–Trinajstić information content (AvgIpc) is 3.06. The van der Waals surface area contributed by atoms with Gasteiger partial charge in [-0.3, -0.25) is 14.5 Å². The predicted octanol–water partition coefficient (Wildman–Crippen LogP) is 3.88. The van der Waals surface area contributed by atoms with Crippen LogP contribution in [0.1, 0.15) is 60.0 Å². The molecule has 5 nitrogen and oxygen atoms in total. The van der Waals surface area contributed by atoms with Crippen molar-refractivity contribution in [1.29, 1.82) is 0 Å². The molecule has 1 saturated heterocycles. The van der Waals surface area contributed by atoms with Crippen LogP contribution < -0.4 is 5.56 Å². The molecule has 1 amide bonds. The van der Waals surface area contributed by atoms with E-state index in [1.54, 1.807) is 4.57 Å². The van der Waals surface area contributed by atoms with Crippen LogP contribution in [0.15, 0.2) is 47.4 Å². The second-order valence-electron chi connectivity index (χ2n) is 9.08. The molecule has 2 heterocycles. The van der Waals surface area contributed by atoms with Gasteiger partial charge >= 0.3 is 0 Å². The number of amides is 1. The number of pyridine rings is 1. The number of carbonyl (C=O) groups is 1. The first-order chi connectivity index (χ1) is 15.1. The van der Waals surface area contributed by atoms with E-state index in [2.05, 4.69) is 17.0 Å². The topological polar surface area (TPSA) is 45.6 Å². The van der Waals surface area contributed by atoms with Crippen LogP contribution in [-0.2, 0) is 13.0 Å². The van der Waals surface area contributed by atoms with E-state index in [0.717, 1.165) is 38.0 Å². The Morgan fingerprint density at radius 2 is 1.71 bits per heavy atom. The highest BCUT2D eigenvalue weighted by atomic mass is 16.2. The van der Waals surface area contributed by atoms with Gasteiger partial charge in [0.05, 0.1) is 0 Å². The lowest BCUT2D eigenvalue weighted by atomic mass is 9.94. The molecule has 31 heavy (non-hydrogen) atoms. The van der Waals surface area contributed by atoms with Gasteiger partial charge in [-0.15, -0.1) is 0 Å². The molecule has 0 bridgehead atoms. The van der Waals surface area contributed by atoms with Crippen molar-refractivity contribution in [2.45, 2.75) is 64.5 Å². The lowest BCUT2D eigenvalue weighted by Gasteiger charge is -2.33. The minimum absolute atomic E-state index is 0.0953. The summed E-state index contributed by atoms with van der Waals surface area (Å²) in [5, 5.41) is 0. The lowest BCUT2D eigenvalue weighted by Crippen LogP contribution is -2.42. The molecule has 4 rings (SSSR count). The van der Waals surface area contributed by atoms with Crippen LogP contribution in [0.2, 0.25) is 0 Å². The van der Waals surface area contributed by atoms with Crippen LogP contribution in [0, 0.1) is 6.92 Å². The Morgan fingerprint density at radius 1 is 0.935 bits per heavy atom. The summed E-state index contributed by atoms with van der Waals surface area (Å²) in [7, 11) is 0. The fraction of sp³-hybridized carbons (Fsp3) is 0.538. The summed E-state index contributed by atoms with van der Waals surface area (Å²) < 4.78 is 1.69. The molecule has 166 valence electrons. The van der Waals surface area contributed by atoms with Crippen LogP contribution in [0.25, 0.3) is 0 Å². The summed E-state index contributed by atoms with van der Waals surface area (Å²) in [6, 6.07) is 12.7. The van der Waals surface area contributed by atoms with E-state index < -0.39 is 0 Å². The summed E-state index contributed by atoms with van der Waals surface area (Å²) >= 11 is 0. The minimum atomic E-state index is -0.158. The molecule has 5 heteroatoms. The van der Waals surface area contributed by atoms with Crippen LogP contribution in [0.4, 0.5) is 0 Å². The second-order valence-corrected chi connectivity index (χ2v) is 9.08. The smallest absolute Gasteiger partial charge is 0.263 e. The Bertz CT molecular complexity index is 931. The summed E-state index contributed by atoms with van der Waals surface area (Å²) in [4.78, 5) is 31.1. The zero-order valence-electron chi connectivity index (χ0n) is 18.8. The number of aromatic nitrogens is 1. The van der Waals surface area contributed by atoms with Gasteiger partial charge in [-0.25, -0.2) is 0 Å². The maximum Gasteiger partial charge on any atom is 0.263 e. The van der Waals surface area contributed by atoms with Crippen LogP contribution in [0.3, 0.4) is 0 Å². The third-order valence-corrected chi connectivity index (χ3v) is 6.98. The monoisotopic (exact) mass is 421 g/mol. The molecule has 0 atom stereocenters.